The molecule has 1 aliphatic heterocycles. The van der Waals surface area contributed by atoms with Crippen LogP contribution in [0.25, 0.3) is 0 Å². The Bertz CT molecular complexity index is 166. The first-order valence-corrected chi connectivity index (χ1v) is 6.20. The van der Waals surface area contributed by atoms with E-state index in [0.717, 1.165) is 12.2 Å². The van der Waals surface area contributed by atoms with Crippen molar-refractivity contribution in [1.29, 1.82) is 0 Å². The third kappa shape index (κ3) is 2.31. The molecule has 12 heavy (non-hydrogen) atoms. The zero-order valence-electron chi connectivity index (χ0n) is 6.77. The van der Waals surface area contributed by atoms with Crippen molar-refractivity contribution in [1.82, 2.24) is 0 Å². The summed E-state index contributed by atoms with van der Waals surface area (Å²) in [5.74, 6) is -0.499. The molecule has 1 heterocycles. The average Bonchev–Trinajstić information content (AvgIpc) is 2.37. The van der Waals surface area contributed by atoms with E-state index in [4.69, 9.17) is 5.11 Å². The quantitative estimate of drug-likeness (QED) is 0.683. The number of aliphatic carboxylic acids is 1. The number of carboxylic acid groups (broad SMARTS) is 1. The largest absolute Gasteiger partial charge is 0.481 e. The number of carbonyl (C=O) groups is 1. The maximum absolute atomic E-state index is 10.7. The minimum atomic E-state index is -0.884. The Morgan fingerprint density at radius 2 is 2.33 bits per heavy atom. The molecule has 3 nitrogen and oxygen atoms in total. The maximum atomic E-state index is 10.7. The van der Waals surface area contributed by atoms with Crippen molar-refractivity contribution in [3.63, 3.8) is 0 Å². The van der Waals surface area contributed by atoms with Gasteiger partial charge in [-0.25, -0.2) is 0 Å². The third-order valence-electron chi connectivity index (χ3n) is 1.88. The molecule has 0 aromatic carbocycles. The van der Waals surface area contributed by atoms with Gasteiger partial charge in [-0.3, -0.25) is 4.79 Å². The zero-order chi connectivity index (χ0) is 9.14. The van der Waals surface area contributed by atoms with E-state index in [1.807, 2.05) is 0 Å². The van der Waals surface area contributed by atoms with Crippen LogP contribution in [0.1, 0.15) is 13.3 Å². The molecular weight excluding hydrogens is 196 g/mol. The second-order valence-corrected chi connectivity index (χ2v) is 5.58. The van der Waals surface area contributed by atoms with Gasteiger partial charge in [-0.15, -0.1) is 0 Å². The third-order valence-corrected chi connectivity index (χ3v) is 4.85. The Balaban J connectivity index is 2.58. The summed E-state index contributed by atoms with van der Waals surface area (Å²) in [5.41, 5.74) is 0. The molecule has 3 atom stereocenters. The molecule has 70 valence electrons. The van der Waals surface area contributed by atoms with Crippen molar-refractivity contribution < 1.29 is 15.0 Å². The molecule has 0 radical (unpaired) electrons. The molecule has 0 aromatic rings. The fraction of sp³-hybridized carbons (Fsp3) is 0.857. The SMILES string of the molecule is CC(O)C(C(=O)O)C1CCSS1. The van der Waals surface area contributed by atoms with Crippen LogP contribution in [0.2, 0.25) is 0 Å². The molecule has 2 N–H and O–H groups in total. The van der Waals surface area contributed by atoms with Gasteiger partial charge in [0.1, 0.15) is 0 Å². The molecule has 1 fully saturated rings. The molecule has 3 unspecified atom stereocenters. The summed E-state index contributed by atoms with van der Waals surface area (Å²) in [5, 5.41) is 18.1. The van der Waals surface area contributed by atoms with Gasteiger partial charge in [0.2, 0.25) is 0 Å². The number of aliphatic hydroxyl groups excluding tert-OH is 1. The molecular formula is C7H12O3S2. The fourth-order valence-electron chi connectivity index (χ4n) is 1.26. The fourth-order valence-corrected chi connectivity index (χ4v) is 4.46. The number of hydrogen-bond donors (Lipinski definition) is 2. The Morgan fingerprint density at radius 1 is 1.67 bits per heavy atom. The molecule has 0 aliphatic carbocycles. The van der Waals surface area contributed by atoms with Crippen molar-refractivity contribution in [3.8, 4) is 0 Å². The highest BCUT2D eigenvalue weighted by Crippen LogP contribution is 2.42. The Hall–Kier alpha value is 0.130. The van der Waals surface area contributed by atoms with Gasteiger partial charge in [-0.1, -0.05) is 21.6 Å². The van der Waals surface area contributed by atoms with Crippen LogP contribution in [0.4, 0.5) is 0 Å². The predicted molar refractivity (Wildman–Crippen MR) is 51.3 cm³/mol. The van der Waals surface area contributed by atoms with Crippen molar-refractivity contribution in [2.75, 3.05) is 5.75 Å². The second-order valence-electron chi connectivity index (χ2n) is 2.85. The van der Waals surface area contributed by atoms with E-state index in [1.165, 1.54) is 0 Å². The molecule has 0 bridgehead atoms. The first-order chi connectivity index (χ1) is 5.63. The van der Waals surface area contributed by atoms with Crippen molar-refractivity contribution in [2.45, 2.75) is 24.7 Å². The lowest BCUT2D eigenvalue weighted by Gasteiger charge is -2.19. The number of rotatable bonds is 3. The van der Waals surface area contributed by atoms with E-state index < -0.39 is 18.0 Å². The van der Waals surface area contributed by atoms with Crippen LogP contribution < -0.4 is 0 Å². The van der Waals surface area contributed by atoms with Gasteiger partial charge >= 0.3 is 5.97 Å². The summed E-state index contributed by atoms with van der Waals surface area (Å²) >= 11 is 0. The highest BCUT2D eigenvalue weighted by atomic mass is 33.1. The van der Waals surface area contributed by atoms with Crippen LogP contribution in [0.5, 0.6) is 0 Å². The molecule has 1 saturated heterocycles. The summed E-state index contributed by atoms with van der Waals surface area (Å²) in [7, 11) is 3.27. The molecule has 5 heteroatoms. The van der Waals surface area contributed by atoms with Crippen molar-refractivity contribution >= 4 is 27.6 Å². The highest BCUT2D eigenvalue weighted by Gasteiger charge is 2.35. The maximum Gasteiger partial charge on any atom is 0.310 e. The summed E-state index contributed by atoms with van der Waals surface area (Å²) in [4.78, 5) is 10.7. The van der Waals surface area contributed by atoms with E-state index in [1.54, 1.807) is 28.5 Å². The Morgan fingerprint density at radius 3 is 2.67 bits per heavy atom. The van der Waals surface area contributed by atoms with Crippen molar-refractivity contribution in [3.05, 3.63) is 0 Å². The van der Waals surface area contributed by atoms with E-state index in [9.17, 15) is 9.90 Å². The van der Waals surface area contributed by atoms with Gasteiger partial charge < -0.3 is 10.2 Å². The monoisotopic (exact) mass is 208 g/mol. The Kier molecular flexibility index (Phi) is 3.74. The topological polar surface area (TPSA) is 57.5 Å². The molecule has 0 amide bonds. The van der Waals surface area contributed by atoms with E-state index in [-0.39, 0.29) is 5.25 Å². The van der Waals surface area contributed by atoms with Gasteiger partial charge in [-0.05, 0) is 13.3 Å². The van der Waals surface area contributed by atoms with E-state index in [0.29, 0.717) is 0 Å². The van der Waals surface area contributed by atoms with E-state index >= 15 is 0 Å². The smallest absolute Gasteiger partial charge is 0.310 e. The molecule has 1 rings (SSSR count). The van der Waals surface area contributed by atoms with Crippen LogP contribution in [-0.2, 0) is 4.79 Å². The van der Waals surface area contributed by atoms with Gasteiger partial charge in [-0.2, -0.15) is 0 Å². The molecule has 0 aromatic heterocycles. The lowest BCUT2D eigenvalue weighted by molar-refractivity contribution is -0.145. The average molecular weight is 208 g/mol. The Labute approximate surface area is 79.3 Å². The summed E-state index contributed by atoms with van der Waals surface area (Å²) in [6, 6.07) is 0. The number of hydrogen-bond acceptors (Lipinski definition) is 4. The lowest BCUT2D eigenvalue weighted by Crippen LogP contribution is -2.33. The van der Waals surface area contributed by atoms with Crippen LogP contribution in [-0.4, -0.2) is 33.3 Å². The van der Waals surface area contributed by atoms with E-state index in [2.05, 4.69) is 0 Å². The van der Waals surface area contributed by atoms with Crippen LogP contribution >= 0.6 is 21.6 Å². The minimum Gasteiger partial charge on any atom is -0.481 e. The van der Waals surface area contributed by atoms with Gasteiger partial charge in [0.25, 0.3) is 0 Å². The first kappa shape index (κ1) is 10.2. The molecule has 0 saturated carbocycles. The summed E-state index contributed by atoms with van der Waals surface area (Å²) in [6.07, 6.45) is 0.135. The van der Waals surface area contributed by atoms with Crippen LogP contribution in [0.15, 0.2) is 0 Å². The van der Waals surface area contributed by atoms with Gasteiger partial charge in [0, 0.05) is 11.0 Å². The summed E-state index contributed by atoms with van der Waals surface area (Å²) < 4.78 is 0. The molecule has 1 aliphatic rings. The van der Waals surface area contributed by atoms with Gasteiger partial charge in [0.05, 0.1) is 12.0 Å². The predicted octanol–water partition coefficient (Wildman–Crippen LogP) is 1.22. The number of carboxylic acids is 1. The summed E-state index contributed by atoms with van der Waals surface area (Å²) in [6.45, 7) is 1.54. The standard InChI is InChI=1S/C7H12O3S2/c1-4(8)6(7(9)10)5-2-3-11-12-5/h4-6,8H,2-3H2,1H3,(H,9,10). The van der Waals surface area contributed by atoms with Crippen LogP contribution in [0, 0.1) is 5.92 Å². The minimum absolute atomic E-state index is 0.0764. The normalized spacial score (nSPS) is 28.3. The lowest BCUT2D eigenvalue weighted by atomic mass is 9.98. The zero-order valence-corrected chi connectivity index (χ0v) is 8.40. The number of aliphatic hydroxyl groups is 1. The van der Waals surface area contributed by atoms with Crippen molar-refractivity contribution in [2.24, 2.45) is 5.92 Å². The second kappa shape index (κ2) is 4.39. The molecule has 0 spiro atoms. The van der Waals surface area contributed by atoms with Gasteiger partial charge in [0.15, 0.2) is 0 Å². The highest BCUT2D eigenvalue weighted by molar-refractivity contribution is 8.77. The first-order valence-electron chi connectivity index (χ1n) is 3.82. The van der Waals surface area contributed by atoms with Crippen LogP contribution in [0.3, 0.4) is 0 Å².